The summed E-state index contributed by atoms with van der Waals surface area (Å²) >= 11 is 6.16. The van der Waals surface area contributed by atoms with Crippen LogP contribution in [0.4, 0.5) is 0 Å². The maximum absolute atomic E-state index is 11.8. The minimum Gasteiger partial charge on any atom is -0.488 e. The number of dihydropyridines is 1. The molecule has 1 fully saturated rings. The summed E-state index contributed by atoms with van der Waals surface area (Å²) in [5, 5.41) is 4.24. The van der Waals surface area contributed by atoms with E-state index in [9.17, 15) is 4.79 Å². The topological polar surface area (TPSA) is 80.8 Å². The second-order valence-corrected chi connectivity index (χ2v) is 7.02. The van der Waals surface area contributed by atoms with Crippen LogP contribution < -0.4 is 4.74 Å². The van der Waals surface area contributed by atoms with Crippen molar-refractivity contribution in [2.75, 3.05) is 19.6 Å². The summed E-state index contributed by atoms with van der Waals surface area (Å²) in [7, 11) is 0. The van der Waals surface area contributed by atoms with Crippen molar-refractivity contribution in [3.8, 4) is 17.0 Å². The number of ketones is 1. The molecule has 0 radical (unpaired) electrons. The molecule has 0 spiro atoms. The van der Waals surface area contributed by atoms with Crippen molar-refractivity contribution in [1.82, 2.24) is 15.0 Å². The smallest absolute Gasteiger partial charge is 0.197 e. The molecule has 0 N–H and O–H groups in total. The number of allylic oxidation sites excluding steroid dienone is 1. The van der Waals surface area contributed by atoms with Crippen LogP contribution in [-0.4, -0.2) is 52.8 Å². The third kappa shape index (κ3) is 3.47. The first-order chi connectivity index (χ1) is 13.0. The molecule has 0 bridgehead atoms. The van der Waals surface area contributed by atoms with E-state index in [0.29, 0.717) is 12.2 Å². The number of halogens is 1. The lowest BCUT2D eigenvalue weighted by atomic mass is 10.1. The Hall–Kier alpha value is -2.67. The highest BCUT2D eigenvalue weighted by Crippen LogP contribution is 2.29. The van der Waals surface area contributed by atoms with Crippen molar-refractivity contribution < 1.29 is 14.1 Å². The van der Waals surface area contributed by atoms with Crippen molar-refractivity contribution >= 4 is 23.6 Å². The van der Waals surface area contributed by atoms with Gasteiger partial charge < -0.3 is 14.2 Å². The molecule has 2 aromatic heterocycles. The van der Waals surface area contributed by atoms with E-state index >= 15 is 0 Å². The Morgan fingerprint density at radius 1 is 1.37 bits per heavy atom. The standard InChI is InChI=1S/C19H19ClN4O3/c1-11-18(12(2)27-23-11)15-7-13(3-5-22-15)26-14-4-6-24(10-14)16-8-21-9-17(25)19(16)20/h3,5,7-8,14H,4,6,9-10H2,1-2H3/t14-/m1/s1. The molecule has 1 saturated heterocycles. The molecule has 140 valence electrons. The highest BCUT2D eigenvalue weighted by Gasteiger charge is 2.29. The Kier molecular flexibility index (Phi) is 4.70. The number of hydrogen-bond donors (Lipinski definition) is 0. The third-order valence-corrected chi connectivity index (χ3v) is 5.13. The molecule has 0 amide bonds. The molecule has 0 aromatic carbocycles. The van der Waals surface area contributed by atoms with Crippen LogP contribution in [0.1, 0.15) is 17.9 Å². The fourth-order valence-electron chi connectivity index (χ4n) is 3.41. The molecule has 27 heavy (non-hydrogen) atoms. The van der Waals surface area contributed by atoms with Crippen LogP contribution >= 0.6 is 11.6 Å². The molecule has 2 aromatic rings. The molecule has 0 unspecified atom stereocenters. The lowest BCUT2D eigenvalue weighted by Gasteiger charge is -2.22. The number of ether oxygens (including phenoxy) is 1. The minimum absolute atomic E-state index is 0.00712. The molecule has 0 aliphatic carbocycles. The minimum atomic E-state index is -0.142. The number of aliphatic imine (C=N–C) groups is 1. The zero-order chi connectivity index (χ0) is 19.0. The number of likely N-dealkylation sites (tertiary alicyclic amines) is 1. The molecule has 7 nitrogen and oxygen atoms in total. The van der Waals surface area contributed by atoms with Gasteiger partial charge in [0, 0.05) is 31.4 Å². The predicted molar refractivity (Wildman–Crippen MR) is 101 cm³/mol. The Balaban J connectivity index is 1.48. The zero-order valence-electron chi connectivity index (χ0n) is 15.1. The van der Waals surface area contributed by atoms with Gasteiger partial charge in [0.1, 0.15) is 29.2 Å². The van der Waals surface area contributed by atoms with Crippen LogP contribution in [0.15, 0.2) is 38.6 Å². The number of rotatable bonds is 4. The van der Waals surface area contributed by atoms with Gasteiger partial charge in [0.2, 0.25) is 0 Å². The first-order valence-electron chi connectivity index (χ1n) is 8.76. The molecular formula is C19H19ClN4O3. The van der Waals surface area contributed by atoms with Gasteiger partial charge in [-0.1, -0.05) is 16.8 Å². The lowest BCUT2D eigenvalue weighted by Crippen LogP contribution is -2.28. The quantitative estimate of drug-likeness (QED) is 0.803. The van der Waals surface area contributed by atoms with Crippen LogP contribution in [0.5, 0.6) is 5.75 Å². The van der Waals surface area contributed by atoms with Gasteiger partial charge in [-0.3, -0.25) is 14.8 Å². The van der Waals surface area contributed by atoms with Gasteiger partial charge in [-0.05, 0) is 19.9 Å². The van der Waals surface area contributed by atoms with Gasteiger partial charge >= 0.3 is 0 Å². The van der Waals surface area contributed by atoms with Crippen LogP contribution in [0.25, 0.3) is 11.3 Å². The summed E-state index contributed by atoms with van der Waals surface area (Å²) in [6.45, 7) is 5.28. The zero-order valence-corrected chi connectivity index (χ0v) is 15.9. The van der Waals surface area contributed by atoms with Crippen LogP contribution in [0, 0.1) is 13.8 Å². The Morgan fingerprint density at radius 3 is 3.00 bits per heavy atom. The van der Waals surface area contributed by atoms with E-state index in [4.69, 9.17) is 20.9 Å². The summed E-state index contributed by atoms with van der Waals surface area (Å²) in [5.74, 6) is 1.32. The SMILES string of the molecule is Cc1noc(C)c1-c1cc(O[C@@H]2CCN(C3=C(Cl)C(=O)CN=C3)C2)ccn1. The third-order valence-electron chi connectivity index (χ3n) is 4.73. The number of Topliss-reactive ketones (excluding diaryl/α,β-unsaturated/α-hetero) is 1. The molecule has 4 rings (SSSR count). The van der Waals surface area contributed by atoms with E-state index in [1.807, 2.05) is 30.9 Å². The summed E-state index contributed by atoms with van der Waals surface area (Å²) in [6.07, 6.45) is 4.22. The molecule has 2 aliphatic heterocycles. The van der Waals surface area contributed by atoms with E-state index in [0.717, 1.165) is 41.4 Å². The van der Waals surface area contributed by atoms with Crippen molar-refractivity contribution in [1.29, 1.82) is 0 Å². The predicted octanol–water partition coefficient (Wildman–Crippen LogP) is 2.91. The summed E-state index contributed by atoms with van der Waals surface area (Å²) < 4.78 is 11.4. The molecule has 1 atom stereocenters. The molecule has 4 heterocycles. The van der Waals surface area contributed by atoms with E-state index in [1.165, 1.54) is 0 Å². The Morgan fingerprint density at radius 2 is 2.22 bits per heavy atom. The van der Waals surface area contributed by atoms with Gasteiger partial charge in [-0.15, -0.1) is 0 Å². The lowest BCUT2D eigenvalue weighted by molar-refractivity contribution is -0.113. The molecule has 0 saturated carbocycles. The monoisotopic (exact) mass is 386 g/mol. The molecule has 8 heteroatoms. The van der Waals surface area contributed by atoms with Gasteiger partial charge in [0.25, 0.3) is 0 Å². The van der Waals surface area contributed by atoms with Crippen LogP contribution in [0.2, 0.25) is 0 Å². The first kappa shape index (κ1) is 17.7. The van der Waals surface area contributed by atoms with Gasteiger partial charge in [-0.25, -0.2) is 0 Å². The largest absolute Gasteiger partial charge is 0.488 e. The summed E-state index contributed by atoms with van der Waals surface area (Å²) in [5.41, 5.74) is 3.15. The summed E-state index contributed by atoms with van der Waals surface area (Å²) in [6, 6.07) is 3.73. The first-order valence-corrected chi connectivity index (χ1v) is 9.14. The number of aryl methyl sites for hydroxylation is 2. The highest BCUT2D eigenvalue weighted by atomic mass is 35.5. The second-order valence-electron chi connectivity index (χ2n) is 6.64. The number of nitrogens with zero attached hydrogens (tertiary/aromatic N) is 4. The molecular weight excluding hydrogens is 368 g/mol. The van der Waals surface area contributed by atoms with E-state index < -0.39 is 0 Å². The number of carbonyl (C=O) groups is 1. The van der Waals surface area contributed by atoms with Gasteiger partial charge in [-0.2, -0.15) is 0 Å². The number of carbonyl (C=O) groups excluding carboxylic acids is 1. The maximum atomic E-state index is 11.8. The fraction of sp³-hybridized carbons (Fsp3) is 0.368. The van der Waals surface area contributed by atoms with Crippen molar-refractivity contribution in [2.24, 2.45) is 4.99 Å². The van der Waals surface area contributed by atoms with E-state index in [1.54, 1.807) is 12.4 Å². The highest BCUT2D eigenvalue weighted by molar-refractivity contribution is 6.44. The van der Waals surface area contributed by atoms with E-state index in [2.05, 4.69) is 15.1 Å². The van der Waals surface area contributed by atoms with Crippen molar-refractivity contribution in [3.05, 3.63) is 40.5 Å². The fourth-order valence-corrected chi connectivity index (χ4v) is 3.64. The summed E-state index contributed by atoms with van der Waals surface area (Å²) in [4.78, 5) is 22.3. The van der Waals surface area contributed by atoms with Crippen LogP contribution in [-0.2, 0) is 4.79 Å². The van der Waals surface area contributed by atoms with Gasteiger partial charge in [0.15, 0.2) is 5.78 Å². The average molecular weight is 387 g/mol. The van der Waals surface area contributed by atoms with Crippen molar-refractivity contribution in [2.45, 2.75) is 26.4 Å². The maximum Gasteiger partial charge on any atom is 0.197 e. The Bertz CT molecular complexity index is 931. The van der Waals surface area contributed by atoms with Gasteiger partial charge in [0.05, 0.1) is 29.2 Å². The number of aromatic nitrogens is 2. The normalized spacial score (nSPS) is 19.9. The second kappa shape index (κ2) is 7.15. The van der Waals surface area contributed by atoms with Crippen molar-refractivity contribution in [3.63, 3.8) is 0 Å². The number of pyridine rings is 1. The Labute approximate surface area is 161 Å². The average Bonchev–Trinajstić information content (AvgIpc) is 3.24. The number of hydrogen-bond acceptors (Lipinski definition) is 7. The van der Waals surface area contributed by atoms with E-state index in [-0.39, 0.29) is 23.5 Å². The van der Waals surface area contributed by atoms with Crippen LogP contribution in [0.3, 0.4) is 0 Å². The molecule has 2 aliphatic rings.